The maximum atomic E-state index is 13.3. The van der Waals surface area contributed by atoms with Crippen LogP contribution in [0, 0.1) is 5.82 Å². The van der Waals surface area contributed by atoms with Gasteiger partial charge in [0.25, 0.3) is 0 Å². The van der Waals surface area contributed by atoms with Crippen LogP contribution in [-0.4, -0.2) is 62.5 Å². The van der Waals surface area contributed by atoms with Gasteiger partial charge < -0.3 is 19.7 Å². The zero-order chi connectivity index (χ0) is 21.4. The third-order valence-electron chi connectivity index (χ3n) is 6.12. The normalized spacial score (nSPS) is 21.0. The Bertz CT molecular complexity index is 670. The number of rotatable bonds is 7. The van der Waals surface area contributed by atoms with Gasteiger partial charge in [-0.25, -0.2) is 4.39 Å². The van der Waals surface area contributed by atoms with E-state index in [4.69, 9.17) is 14.5 Å². The fourth-order valence-electron chi connectivity index (χ4n) is 4.11. The molecule has 2 fully saturated rings. The van der Waals surface area contributed by atoms with E-state index in [1.807, 2.05) is 12.1 Å². The molecule has 2 heterocycles. The molecule has 1 N–H and O–H groups in total. The molecule has 0 aromatic heterocycles. The number of likely N-dealkylation sites (tertiary alicyclic amines) is 1. The lowest BCUT2D eigenvalue weighted by molar-refractivity contribution is -0.0721. The molecule has 0 amide bonds. The summed E-state index contributed by atoms with van der Waals surface area (Å²) in [4.78, 5) is 7.26. The van der Waals surface area contributed by atoms with Crippen LogP contribution in [-0.2, 0) is 14.9 Å². The van der Waals surface area contributed by atoms with Crippen molar-refractivity contribution in [2.75, 3.05) is 39.4 Å². The standard InChI is InChI=1S/C24H38FN3O2.HI/c1-4-26-23(27-18-24(2,3)19-8-10-20(25)11-9-19)28-14-12-21(13-15-28)30-17-22-7-5-6-16-29-22;/h8-11,21-22H,4-7,12-18H2,1-3H3,(H,26,27);1H. The molecular weight excluding hydrogens is 508 g/mol. The van der Waals surface area contributed by atoms with E-state index in [2.05, 4.69) is 31.0 Å². The van der Waals surface area contributed by atoms with E-state index in [-0.39, 0.29) is 41.3 Å². The third kappa shape index (κ3) is 8.17. The van der Waals surface area contributed by atoms with Crippen LogP contribution in [0.4, 0.5) is 4.39 Å². The SMILES string of the molecule is CCNC(=NCC(C)(C)c1ccc(F)cc1)N1CCC(OCC2CCCCO2)CC1.I. The summed E-state index contributed by atoms with van der Waals surface area (Å²) in [6.07, 6.45) is 6.18. The maximum absolute atomic E-state index is 13.3. The average molecular weight is 547 g/mol. The number of piperidine rings is 1. The quantitative estimate of drug-likeness (QED) is 0.305. The molecule has 2 saturated heterocycles. The van der Waals surface area contributed by atoms with Gasteiger partial charge in [0.05, 0.1) is 25.4 Å². The number of ether oxygens (including phenoxy) is 2. The van der Waals surface area contributed by atoms with Crippen molar-refractivity contribution in [3.63, 3.8) is 0 Å². The van der Waals surface area contributed by atoms with Gasteiger partial charge in [-0.05, 0) is 56.7 Å². The summed E-state index contributed by atoms with van der Waals surface area (Å²) in [7, 11) is 0. The first-order chi connectivity index (χ1) is 14.5. The molecule has 2 aliphatic heterocycles. The van der Waals surface area contributed by atoms with E-state index in [0.29, 0.717) is 12.6 Å². The third-order valence-corrected chi connectivity index (χ3v) is 6.12. The number of aliphatic imine (C=N–C) groups is 1. The highest BCUT2D eigenvalue weighted by molar-refractivity contribution is 14.0. The number of nitrogens with zero attached hydrogens (tertiary/aromatic N) is 2. The van der Waals surface area contributed by atoms with Crippen LogP contribution in [0.1, 0.15) is 58.4 Å². The van der Waals surface area contributed by atoms with E-state index >= 15 is 0 Å². The topological polar surface area (TPSA) is 46.1 Å². The highest BCUT2D eigenvalue weighted by atomic mass is 127. The maximum Gasteiger partial charge on any atom is 0.193 e. The predicted octanol–water partition coefficient (Wildman–Crippen LogP) is 4.74. The van der Waals surface area contributed by atoms with Crippen molar-refractivity contribution < 1.29 is 13.9 Å². The van der Waals surface area contributed by atoms with Crippen LogP contribution < -0.4 is 5.32 Å². The minimum atomic E-state index is -0.202. The van der Waals surface area contributed by atoms with Crippen molar-refractivity contribution in [2.45, 2.75) is 70.5 Å². The van der Waals surface area contributed by atoms with Crippen molar-refractivity contribution in [3.8, 4) is 0 Å². The summed E-state index contributed by atoms with van der Waals surface area (Å²) < 4.78 is 25.2. The van der Waals surface area contributed by atoms with Gasteiger partial charge in [-0.3, -0.25) is 4.99 Å². The highest BCUT2D eigenvalue weighted by Crippen LogP contribution is 2.24. The monoisotopic (exact) mass is 547 g/mol. The fraction of sp³-hybridized carbons (Fsp3) is 0.708. The summed E-state index contributed by atoms with van der Waals surface area (Å²) in [5.41, 5.74) is 0.941. The zero-order valence-electron chi connectivity index (χ0n) is 19.2. The van der Waals surface area contributed by atoms with E-state index in [1.165, 1.54) is 25.0 Å². The average Bonchev–Trinajstić information content (AvgIpc) is 2.77. The van der Waals surface area contributed by atoms with Gasteiger partial charge in [0.1, 0.15) is 5.82 Å². The summed E-state index contributed by atoms with van der Waals surface area (Å²) in [6, 6.07) is 6.76. The lowest BCUT2D eigenvalue weighted by Crippen LogP contribution is -2.47. The van der Waals surface area contributed by atoms with Gasteiger partial charge in [0, 0.05) is 31.7 Å². The molecule has 7 heteroatoms. The Kier molecular flexibility index (Phi) is 11.0. The minimum absolute atomic E-state index is 0. The van der Waals surface area contributed by atoms with Crippen LogP contribution in [0.5, 0.6) is 0 Å². The van der Waals surface area contributed by atoms with E-state index in [9.17, 15) is 4.39 Å². The summed E-state index contributed by atoms with van der Waals surface area (Å²) in [5.74, 6) is 0.758. The van der Waals surface area contributed by atoms with Crippen LogP contribution in [0.3, 0.4) is 0 Å². The van der Waals surface area contributed by atoms with Crippen LogP contribution >= 0.6 is 24.0 Å². The van der Waals surface area contributed by atoms with Crippen molar-refractivity contribution in [1.29, 1.82) is 0 Å². The first-order valence-electron chi connectivity index (χ1n) is 11.5. The molecule has 1 unspecified atom stereocenters. The van der Waals surface area contributed by atoms with Gasteiger partial charge in [0.2, 0.25) is 0 Å². The minimum Gasteiger partial charge on any atom is -0.376 e. The van der Waals surface area contributed by atoms with E-state index < -0.39 is 0 Å². The Labute approximate surface area is 204 Å². The molecule has 0 aliphatic carbocycles. The molecule has 0 spiro atoms. The molecule has 2 aliphatic rings. The number of hydrogen-bond acceptors (Lipinski definition) is 3. The van der Waals surface area contributed by atoms with Crippen molar-refractivity contribution in [1.82, 2.24) is 10.2 Å². The molecule has 1 aromatic carbocycles. The van der Waals surface area contributed by atoms with Crippen molar-refractivity contribution in [3.05, 3.63) is 35.6 Å². The van der Waals surface area contributed by atoms with Gasteiger partial charge in [-0.1, -0.05) is 26.0 Å². The second-order valence-electron chi connectivity index (χ2n) is 9.07. The van der Waals surface area contributed by atoms with Crippen LogP contribution in [0.15, 0.2) is 29.3 Å². The number of halogens is 2. The summed E-state index contributed by atoms with van der Waals surface area (Å²) >= 11 is 0. The van der Waals surface area contributed by atoms with Gasteiger partial charge in [-0.2, -0.15) is 0 Å². The van der Waals surface area contributed by atoms with Crippen LogP contribution in [0.25, 0.3) is 0 Å². The Hall–Kier alpha value is -0.930. The zero-order valence-corrected chi connectivity index (χ0v) is 21.6. The number of hydrogen-bond donors (Lipinski definition) is 1. The largest absolute Gasteiger partial charge is 0.376 e. The van der Waals surface area contributed by atoms with Crippen molar-refractivity contribution >= 4 is 29.9 Å². The first-order valence-corrected chi connectivity index (χ1v) is 11.5. The Morgan fingerprint density at radius 3 is 2.52 bits per heavy atom. The number of guanidine groups is 1. The van der Waals surface area contributed by atoms with Gasteiger partial charge in [-0.15, -0.1) is 24.0 Å². The molecule has 0 saturated carbocycles. The molecule has 5 nitrogen and oxygen atoms in total. The lowest BCUT2D eigenvalue weighted by atomic mass is 9.85. The molecule has 0 bridgehead atoms. The fourth-order valence-corrected chi connectivity index (χ4v) is 4.11. The second kappa shape index (κ2) is 12.9. The first kappa shape index (κ1) is 26.3. The van der Waals surface area contributed by atoms with Gasteiger partial charge in [0.15, 0.2) is 5.96 Å². The molecular formula is C24H39FIN3O2. The summed E-state index contributed by atoms with van der Waals surface area (Å²) in [6.45, 7) is 11.4. The molecule has 3 rings (SSSR count). The van der Waals surface area contributed by atoms with Gasteiger partial charge >= 0.3 is 0 Å². The number of benzene rings is 1. The number of nitrogens with one attached hydrogen (secondary N) is 1. The Morgan fingerprint density at radius 2 is 1.90 bits per heavy atom. The highest BCUT2D eigenvalue weighted by Gasteiger charge is 2.25. The molecule has 1 atom stereocenters. The Morgan fingerprint density at radius 1 is 1.19 bits per heavy atom. The molecule has 31 heavy (non-hydrogen) atoms. The molecule has 1 aromatic rings. The van der Waals surface area contributed by atoms with E-state index in [0.717, 1.165) is 63.6 Å². The lowest BCUT2D eigenvalue weighted by Gasteiger charge is -2.35. The van der Waals surface area contributed by atoms with Crippen molar-refractivity contribution in [2.24, 2.45) is 4.99 Å². The smallest absolute Gasteiger partial charge is 0.193 e. The van der Waals surface area contributed by atoms with E-state index in [1.54, 1.807) is 0 Å². The molecule has 176 valence electrons. The molecule has 0 radical (unpaired) electrons. The second-order valence-corrected chi connectivity index (χ2v) is 9.07. The van der Waals surface area contributed by atoms with Crippen LogP contribution in [0.2, 0.25) is 0 Å². The predicted molar refractivity (Wildman–Crippen MR) is 135 cm³/mol. The summed E-state index contributed by atoms with van der Waals surface area (Å²) in [5, 5.41) is 3.44. The Balaban J connectivity index is 0.00000341.